The minimum absolute atomic E-state index is 0.204. The van der Waals surface area contributed by atoms with Crippen LogP contribution in [0.25, 0.3) is 0 Å². The Morgan fingerprint density at radius 3 is 3.11 bits per heavy atom. The fraction of sp³-hybridized carbons (Fsp3) is 0.583. The molecule has 98 valence electrons. The summed E-state index contributed by atoms with van der Waals surface area (Å²) < 4.78 is 0. The second-order valence-corrected chi connectivity index (χ2v) is 5.29. The normalized spacial score (nSPS) is 22.9. The molecule has 2 atom stereocenters. The molecule has 18 heavy (non-hydrogen) atoms. The van der Waals surface area contributed by atoms with Gasteiger partial charge in [-0.2, -0.15) is 0 Å². The van der Waals surface area contributed by atoms with Crippen molar-refractivity contribution in [2.24, 2.45) is 11.8 Å². The van der Waals surface area contributed by atoms with Crippen LogP contribution in [0, 0.1) is 11.8 Å². The molecular formula is C12H17N3O2S. The lowest BCUT2D eigenvalue weighted by molar-refractivity contribution is -0.142. The van der Waals surface area contributed by atoms with Gasteiger partial charge in [0.2, 0.25) is 0 Å². The van der Waals surface area contributed by atoms with Crippen LogP contribution >= 0.6 is 11.8 Å². The summed E-state index contributed by atoms with van der Waals surface area (Å²) in [5, 5.41) is 13.2. The molecule has 0 bridgehead atoms. The molecule has 1 aliphatic carbocycles. The second kappa shape index (κ2) is 6.04. The molecular weight excluding hydrogens is 250 g/mol. The number of carboxylic acid groups (broad SMARTS) is 1. The quantitative estimate of drug-likeness (QED) is 0.628. The van der Waals surface area contributed by atoms with E-state index >= 15 is 0 Å². The first kappa shape index (κ1) is 13.1. The first-order valence-corrected chi connectivity index (χ1v) is 7.26. The molecule has 5 nitrogen and oxygen atoms in total. The lowest BCUT2D eigenvalue weighted by Gasteiger charge is -2.16. The molecule has 1 heterocycles. The molecule has 1 saturated carbocycles. The van der Waals surface area contributed by atoms with Crippen molar-refractivity contribution in [2.75, 3.05) is 18.1 Å². The number of thioether (sulfide) groups is 1. The van der Waals surface area contributed by atoms with Crippen LogP contribution in [0.5, 0.6) is 0 Å². The molecule has 0 amide bonds. The predicted molar refractivity (Wildman–Crippen MR) is 70.8 cm³/mol. The van der Waals surface area contributed by atoms with Gasteiger partial charge in [-0.05, 0) is 25.0 Å². The molecule has 0 aliphatic heterocycles. The van der Waals surface area contributed by atoms with Gasteiger partial charge in [0.05, 0.1) is 5.92 Å². The van der Waals surface area contributed by atoms with Crippen LogP contribution in [0.15, 0.2) is 17.4 Å². The number of aliphatic carboxylic acids is 1. The first-order valence-electron chi connectivity index (χ1n) is 6.03. The Morgan fingerprint density at radius 2 is 2.39 bits per heavy atom. The molecule has 1 aromatic rings. The van der Waals surface area contributed by atoms with Crippen molar-refractivity contribution < 1.29 is 9.90 Å². The van der Waals surface area contributed by atoms with E-state index in [1.54, 1.807) is 11.8 Å². The first-order chi connectivity index (χ1) is 8.70. The van der Waals surface area contributed by atoms with Crippen LogP contribution in [0.2, 0.25) is 0 Å². The second-order valence-electron chi connectivity index (χ2n) is 4.46. The van der Waals surface area contributed by atoms with Gasteiger partial charge in [-0.25, -0.2) is 9.97 Å². The number of aromatic nitrogens is 2. The summed E-state index contributed by atoms with van der Waals surface area (Å²) in [6.07, 6.45) is 6.26. The number of hydrogen-bond donors (Lipinski definition) is 2. The zero-order valence-corrected chi connectivity index (χ0v) is 11.1. The fourth-order valence-electron chi connectivity index (χ4n) is 2.39. The van der Waals surface area contributed by atoms with E-state index in [4.69, 9.17) is 5.11 Å². The summed E-state index contributed by atoms with van der Waals surface area (Å²) in [7, 11) is 0. The molecule has 1 aliphatic rings. The number of carbonyl (C=O) groups is 1. The van der Waals surface area contributed by atoms with Gasteiger partial charge in [0.25, 0.3) is 0 Å². The molecule has 1 fully saturated rings. The number of anilines is 1. The van der Waals surface area contributed by atoms with Crippen LogP contribution in [0.4, 0.5) is 5.82 Å². The average molecular weight is 267 g/mol. The molecule has 0 aromatic carbocycles. The molecule has 2 rings (SSSR count). The molecule has 2 unspecified atom stereocenters. The maximum Gasteiger partial charge on any atom is 0.306 e. The van der Waals surface area contributed by atoms with Crippen LogP contribution in [0.1, 0.15) is 19.3 Å². The van der Waals surface area contributed by atoms with Crippen molar-refractivity contribution in [3.05, 3.63) is 12.4 Å². The predicted octanol–water partition coefficient (Wildman–Crippen LogP) is 2.11. The van der Waals surface area contributed by atoms with Gasteiger partial charge in [-0.3, -0.25) is 4.79 Å². The van der Waals surface area contributed by atoms with Crippen molar-refractivity contribution in [1.29, 1.82) is 0 Å². The van der Waals surface area contributed by atoms with E-state index in [1.807, 2.05) is 12.3 Å². The van der Waals surface area contributed by atoms with E-state index in [0.717, 1.165) is 30.1 Å². The van der Waals surface area contributed by atoms with Crippen molar-refractivity contribution in [1.82, 2.24) is 9.97 Å². The Labute approximate surface area is 110 Å². The number of nitrogens with zero attached hydrogens (tertiary/aromatic N) is 2. The Hall–Kier alpha value is -1.30. The van der Waals surface area contributed by atoms with E-state index in [9.17, 15) is 4.79 Å². The van der Waals surface area contributed by atoms with E-state index in [0.29, 0.717) is 6.54 Å². The van der Waals surface area contributed by atoms with Gasteiger partial charge in [-0.1, -0.05) is 6.42 Å². The van der Waals surface area contributed by atoms with E-state index < -0.39 is 5.97 Å². The Balaban J connectivity index is 1.92. The zero-order chi connectivity index (χ0) is 13.0. The highest BCUT2D eigenvalue weighted by Gasteiger charge is 2.32. The smallest absolute Gasteiger partial charge is 0.306 e. The van der Waals surface area contributed by atoms with Gasteiger partial charge >= 0.3 is 5.97 Å². The van der Waals surface area contributed by atoms with Crippen molar-refractivity contribution in [3.8, 4) is 0 Å². The third kappa shape index (κ3) is 3.13. The van der Waals surface area contributed by atoms with Gasteiger partial charge in [0.1, 0.15) is 17.2 Å². The zero-order valence-electron chi connectivity index (χ0n) is 10.3. The monoisotopic (exact) mass is 267 g/mol. The van der Waals surface area contributed by atoms with Crippen molar-refractivity contribution >= 4 is 23.5 Å². The third-order valence-corrected chi connectivity index (χ3v) is 4.01. The third-order valence-electron chi connectivity index (χ3n) is 3.37. The number of rotatable bonds is 5. The molecule has 0 saturated heterocycles. The van der Waals surface area contributed by atoms with E-state index in [1.165, 1.54) is 6.33 Å². The summed E-state index contributed by atoms with van der Waals surface area (Å²) in [5.41, 5.74) is 0. The Kier molecular flexibility index (Phi) is 4.41. The highest BCUT2D eigenvalue weighted by molar-refractivity contribution is 7.98. The SMILES string of the molecule is CSc1cc(NCC2CCCC2C(=O)O)ncn1. The van der Waals surface area contributed by atoms with Gasteiger partial charge in [0, 0.05) is 12.6 Å². The highest BCUT2D eigenvalue weighted by atomic mass is 32.2. The van der Waals surface area contributed by atoms with Gasteiger partial charge < -0.3 is 10.4 Å². The van der Waals surface area contributed by atoms with E-state index in [-0.39, 0.29) is 11.8 Å². The average Bonchev–Trinajstić information content (AvgIpc) is 2.85. The van der Waals surface area contributed by atoms with Crippen LogP contribution in [0.3, 0.4) is 0 Å². The Bertz CT molecular complexity index is 428. The van der Waals surface area contributed by atoms with Crippen molar-refractivity contribution in [2.45, 2.75) is 24.3 Å². The lowest BCUT2D eigenvalue weighted by Crippen LogP contribution is -2.24. The highest BCUT2D eigenvalue weighted by Crippen LogP contribution is 2.32. The minimum atomic E-state index is -0.674. The molecule has 2 N–H and O–H groups in total. The largest absolute Gasteiger partial charge is 0.481 e. The maximum absolute atomic E-state index is 11.1. The summed E-state index contributed by atoms with van der Waals surface area (Å²) >= 11 is 1.56. The number of nitrogens with one attached hydrogen (secondary N) is 1. The minimum Gasteiger partial charge on any atom is -0.481 e. The summed E-state index contributed by atoms with van der Waals surface area (Å²) in [4.78, 5) is 19.3. The van der Waals surface area contributed by atoms with Crippen LogP contribution in [-0.4, -0.2) is 33.8 Å². The topological polar surface area (TPSA) is 75.1 Å². The van der Waals surface area contributed by atoms with Crippen molar-refractivity contribution in [3.63, 3.8) is 0 Å². The number of hydrogen-bond acceptors (Lipinski definition) is 5. The number of carboxylic acids is 1. The molecule has 0 radical (unpaired) electrons. The van der Waals surface area contributed by atoms with Gasteiger partial charge in [0.15, 0.2) is 0 Å². The van der Waals surface area contributed by atoms with Crippen LogP contribution < -0.4 is 5.32 Å². The lowest BCUT2D eigenvalue weighted by atomic mass is 9.96. The standard InChI is InChI=1S/C12H17N3O2S/c1-18-11-5-10(14-7-15-11)13-6-8-3-2-4-9(8)12(16)17/h5,7-9H,2-4,6H2,1H3,(H,16,17)(H,13,14,15). The molecule has 0 spiro atoms. The summed E-state index contributed by atoms with van der Waals surface area (Å²) in [6, 6.07) is 1.88. The summed E-state index contributed by atoms with van der Waals surface area (Å²) in [6.45, 7) is 0.668. The fourth-order valence-corrected chi connectivity index (χ4v) is 2.77. The van der Waals surface area contributed by atoms with Gasteiger partial charge in [-0.15, -0.1) is 11.8 Å². The maximum atomic E-state index is 11.1. The molecule has 6 heteroatoms. The van der Waals surface area contributed by atoms with Crippen LogP contribution in [-0.2, 0) is 4.79 Å². The van der Waals surface area contributed by atoms with E-state index in [2.05, 4.69) is 15.3 Å². The Morgan fingerprint density at radius 1 is 1.56 bits per heavy atom. The summed E-state index contributed by atoms with van der Waals surface area (Å²) in [5.74, 6) is 0.0896. The molecule has 1 aromatic heterocycles.